The molecular formula is C49H49F4N9O5S. The summed E-state index contributed by atoms with van der Waals surface area (Å²) in [5.74, 6) is -3.80. The second kappa shape index (κ2) is 16.7. The van der Waals surface area contributed by atoms with Gasteiger partial charge in [-0.25, -0.2) is 22.5 Å². The minimum Gasteiger partial charge on any atom is -0.372 e. The standard InChI is InChI=1S/C49H49F4N9O5S/c1-28-2-8-42(47(64)56-28)62-22-32-16-34(4-5-35(32)48(62)65)59-13-10-29(11-14-59)21-58-24-49(25-58)26-60(27-49)41-9-3-30(18-39(41)52)31-17-36-37(20-55-46(36)54-19-31)45(63)43-38(51)6-7-40(44(43)53)57-68(66,67)61-15-12-33(50)23-61/h3-7,9,16-20,29,33,42,57H,1-2,8,10-15,21-27H2,(H,54,55)(H,56,64)/t33-,42?/m1/s1. The molecule has 5 aromatic rings. The minimum absolute atomic E-state index is 0.0130. The van der Waals surface area contributed by atoms with Gasteiger partial charge in [-0.15, -0.1) is 0 Å². The summed E-state index contributed by atoms with van der Waals surface area (Å²) >= 11 is 0. The number of nitrogens with zero attached hydrogens (tertiary/aromatic N) is 6. The molecular weight excluding hydrogens is 903 g/mol. The first-order valence-corrected chi connectivity index (χ1v) is 24.4. The van der Waals surface area contributed by atoms with Crippen molar-refractivity contribution < 1.29 is 40.4 Å². The number of nitrogens with one attached hydrogen (secondary N) is 3. The number of hydrogen-bond acceptors (Lipinski definition) is 9. The first-order chi connectivity index (χ1) is 32.6. The second-order valence-electron chi connectivity index (χ2n) is 19.3. The number of carbonyl (C=O) groups excluding carboxylic acids is 3. The smallest absolute Gasteiger partial charge is 0.301 e. The number of fused-ring (bicyclic) bond motifs is 2. The summed E-state index contributed by atoms with van der Waals surface area (Å²) in [6.45, 7) is 10.1. The lowest BCUT2D eigenvalue weighted by Gasteiger charge is -2.61. The zero-order valence-electron chi connectivity index (χ0n) is 37.0. The third-order valence-electron chi connectivity index (χ3n) is 14.7. The van der Waals surface area contributed by atoms with Crippen LogP contribution in [0.4, 0.5) is 34.6 Å². The number of aromatic amines is 1. The number of hydrogen-bond donors (Lipinski definition) is 3. The predicted molar refractivity (Wildman–Crippen MR) is 248 cm³/mol. The molecule has 8 heterocycles. The van der Waals surface area contributed by atoms with Crippen molar-refractivity contribution in [2.75, 3.05) is 73.4 Å². The molecule has 2 aromatic heterocycles. The van der Waals surface area contributed by atoms with Gasteiger partial charge < -0.3 is 29.9 Å². The molecule has 19 heteroatoms. The van der Waals surface area contributed by atoms with Crippen molar-refractivity contribution in [2.45, 2.75) is 50.9 Å². The molecule has 68 heavy (non-hydrogen) atoms. The highest BCUT2D eigenvalue weighted by molar-refractivity contribution is 7.90. The number of amides is 2. The summed E-state index contributed by atoms with van der Waals surface area (Å²) in [4.78, 5) is 55.4. The average molecular weight is 952 g/mol. The van der Waals surface area contributed by atoms with Crippen LogP contribution in [0.1, 0.15) is 63.9 Å². The Morgan fingerprint density at radius 1 is 0.897 bits per heavy atom. The van der Waals surface area contributed by atoms with Crippen LogP contribution in [-0.2, 0) is 21.5 Å². The van der Waals surface area contributed by atoms with E-state index < -0.39 is 63.5 Å². The Kier molecular flexibility index (Phi) is 10.9. The van der Waals surface area contributed by atoms with E-state index in [1.165, 1.54) is 18.5 Å². The van der Waals surface area contributed by atoms with Crippen LogP contribution < -0.4 is 19.8 Å². The molecule has 6 aliphatic rings. The van der Waals surface area contributed by atoms with Gasteiger partial charge in [-0.3, -0.25) is 19.1 Å². The van der Waals surface area contributed by atoms with E-state index in [9.17, 15) is 27.2 Å². The van der Waals surface area contributed by atoms with E-state index in [0.29, 0.717) is 53.4 Å². The van der Waals surface area contributed by atoms with Crippen molar-refractivity contribution in [3.8, 4) is 11.1 Å². The third kappa shape index (κ3) is 7.86. The first kappa shape index (κ1) is 44.2. The molecule has 1 unspecified atom stereocenters. The maximum absolute atomic E-state index is 15.8. The van der Waals surface area contributed by atoms with Crippen molar-refractivity contribution in [3.63, 3.8) is 0 Å². The zero-order valence-corrected chi connectivity index (χ0v) is 37.9. The Hall–Kier alpha value is -6.31. The fraction of sp³-hybridized carbons (Fsp3) is 0.388. The topological polar surface area (TPSA) is 154 Å². The molecule has 6 aliphatic heterocycles. The maximum atomic E-state index is 15.8. The van der Waals surface area contributed by atoms with Crippen LogP contribution in [-0.4, -0.2) is 121 Å². The van der Waals surface area contributed by atoms with Gasteiger partial charge in [0, 0.05) is 117 Å². The Bertz CT molecular complexity index is 3040. The Morgan fingerprint density at radius 3 is 2.43 bits per heavy atom. The molecule has 0 radical (unpaired) electrons. The molecule has 14 nitrogen and oxygen atoms in total. The van der Waals surface area contributed by atoms with E-state index in [-0.39, 0.29) is 46.8 Å². The number of ketones is 1. The monoisotopic (exact) mass is 951 g/mol. The highest BCUT2D eigenvalue weighted by Crippen LogP contribution is 2.44. The fourth-order valence-electron chi connectivity index (χ4n) is 11.1. The van der Waals surface area contributed by atoms with E-state index in [4.69, 9.17) is 0 Å². The summed E-state index contributed by atoms with van der Waals surface area (Å²) in [6.07, 6.45) is 4.75. The fourth-order valence-corrected chi connectivity index (χ4v) is 12.4. The quantitative estimate of drug-likeness (QED) is 0.101. The van der Waals surface area contributed by atoms with Crippen molar-refractivity contribution in [1.82, 2.24) is 29.4 Å². The number of benzene rings is 3. The third-order valence-corrected chi connectivity index (χ3v) is 16.2. The van der Waals surface area contributed by atoms with E-state index in [0.717, 1.165) is 86.3 Å². The highest BCUT2D eigenvalue weighted by Gasteiger charge is 2.52. The number of rotatable bonds is 11. The Balaban J connectivity index is 0.682. The number of carbonyl (C=O) groups is 3. The number of H-pyrrole nitrogens is 1. The van der Waals surface area contributed by atoms with Gasteiger partial charge in [0.15, 0.2) is 5.82 Å². The number of aromatic nitrogens is 2. The van der Waals surface area contributed by atoms with Gasteiger partial charge in [0.2, 0.25) is 11.7 Å². The van der Waals surface area contributed by atoms with Gasteiger partial charge in [-0.2, -0.15) is 12.7 Å². The lowest BCUT2D eigenvalue weighted by atomic mass is 9.72. The van der Waals surface area contributed by atoms with Crippen LogP contribution in [0.3, 0.4) is 0 Å². The highest BCUT2D eigenvalue weighted by atomic mass is 32.2. The number of anilines is 3. The lowest BCUT2D eigenvalue weighted by molar-refractivity contribution is -0.126. The number of alkyl halides is 1. The Labute approximate surface area is 390 Å². The average Bonchev–Trinajstić information content (AvgIpc) is 4.02. The molecule has 2 atom stereocenters. The van der Waals surface area contributed by atoms with Gasteiger partial charge in [0.1, 0.15) is 29.5 Å². The van der Waals surface area contributed by atoms with Gasteiger partial charge in [0.25, 0.3) is 5.91 Å². The van der Waals surface area contributed by atoms with Gasteiger partial charge in [-0.1, -0.05) is 12.6 Å². The minimum atomic E-state index is -4.38. The van der Waals surface area contributed by atoms with Crippen LogP contribution in [0.15, 0.2) is 79.3 Å². The van der Waals surface area contributed by atoms with Gasteiger partial charge >= 0.3 is 10.2 Å². The van der Waals surface area contributed by atoms with Crippen LogP contribution in [0.5, 0.6) is 0 Å². The van der Waals surface area contributed by atoms with Crippen LogP contribution >= 0.6 is 0 Å². The van der Waals surface area contributed by atoms with Gasteiger partial charge in [0.05, 0.1) is 16.9 Å². The normalized spacial score (nSPS) is 22.2. The van der Waals surface area contributed by atoms with E-state index >= 15 is 13.2 Å². The molecule has 0 saturated carbocycles. The molecule has 5 saturated heterocycles. The predicted octanol–water partition coefficient (Wildman–Crippen LogP) is 6.37. The largest absolute Gasteiger partial charge is 0.372 e. The zero-order chi connectivity index (χ0) is 47.2. The summed E-state index contributed by atoms with van der Waals surface area (Å²) in [6, 6.07) is 13.7. The molecule has 0 aliphatic carbocycles. The summed E-state index contributed by atoms with van der Waals surface area (Å²) in [5.41, 5.74) is 3.46. The van der Waals surface area contributed by atoms with Crippen molar-refractivity contribution >= 4 is 55.9 Å². The van der Waals surface area contributed by atoms with Crippen LogP contribution in [0.2, 0.25) is 0 Å². The number of pyridine rings is 1. The SMILES string of the molecule is C=C1CCC(N2Cc3cc(N4CCC(CN5CC6(C5)CN(c5ccc(-c7cnc8[nH]cc(C(=O)c9c(F)ccc(NS(=O)(=O)N%10CC[C@@H](F)C%10)c9F)c8c7)cc5F)C6)CC4)ccc3C2=O)C(=O)N1. The molecule has 3 aromatic carbocycles. The van der Waals surface area contributed by atoms with Gasteiger partial charge in [-0.05, 0) is 97.7 Å². The first-order valence-electron chi connectivity index (χ1n) is 23.0. The van der Waals surface area contributed by atoms with E-state index in [1.54, 1.807) is 23.1 Å². The van der Waals surface area contributed by atoms with E-state index in [1.807, 2.05) is 21.8 Å². The summed E-state index contributed by atoms with van der Waals surface area (Å²) in [7, 11) is -4.38. The molecule has 0 bridgehead atoms. The molecule has 1 spiro atoms. The Morgan fingerprint density at radius 2 is 1.69 bits per heavy atom. The summed E-state index contributed by atoms with van der Waals surface area (Å²) < 4.78 is 88.9. The van der Waals surface area contributed by atoms with Crippen LogP contribution in [0.25, 0.3) is 22.2 Å². The number of halogens is 4. The van der Waals surface area contributed by atoms with E-state index in [2.05, 4.69) is 37.7 Å². The maximum Gasteiger partial charge on any atom is 0.301 e. The number of likely N-dealkylation sites (tertiary alicyclic amines) is 1. The summed E-state index contributed by atoms with van der Waals surface area (Å²) in [5, 5.41) is 3.02. The molecule has 2 amide bonds. The van der Waals surface area contributed by atoms with Crippen molar-refractivity contribution in [2.24, 2.45) is 11.3 Å². The number of piperidine rings is 2. The lowest BCUT2D eigenvalue weighted by Crippen LogP contribution is -2.72. The van der Waals surface area contributed by atoms with Crippen molar-refractivity contribution in [3.05, 3.63) is 119 Å². The molecule has 5 fully saturated rings. The van der Waals surface area contributed by atoms with Crippen molar-refractivity contribution in [1.29, 1.82) is 0 Å². The van der Waals surface area contributed by atoms with Crippen LogP contribution in [0, 0.1) is 28.8 Å². The molecule has 354 valence electrons. The molecule has 11 rings (SSSR count). The second-order valence-corrected chi connectivity index (χ2v) is 21.0. The number of allylic oxidation sites excluding steroid dienone is 1. The molecule has 3 N–H and O–H groups in total.